The lowest BCUT2D eigenvalue weighted by atomic mass is 10.4. The van der Waals surface area contributed by atoms with Crippen molar-refractivity contribution >= 4 is 23.6 Å². The molecule has 1 unspecified atom stereocenters. The first kappa shape index (κ1) is 12.3. The highest BCUT2D eigenvalue weighted by molar-refractivity contribution is 8.01. The molecule has 0 spiro atoms. The van der Waals surface area contributed by atoms with Crippen molar-refractivity contribution in [3.8, 4) is 0 Å². The van der Waals surface area contributed by atoms with Crippen LogP contribution in [0.3, 0.4) is 0 Å². The summed E-state index contributed by atoms with van der Waals surface area (Å²) < 4.78 is 5.12. The van der Waals surface area contributed by atoms with E-state index in [-0.39, 0.29) is 11.7 Å². The zero-order valence-electron chi connectivity index (χ0n) is 8.64. The number of amides is 1. The molecule has 0 saturated carbocycles. The van der Waals surface area contributed by atoms with Gasteiger partial charge in [-0.15, -0.1) is 11.8 Å². The van der Waals surface area contributed by atoms with Crippen molar-refractivity contribution in [2.45, 2.75) is 12.2 Å². The standard InChI is InChI=1S/C9H15NO4S/c1-7(9(12)13)15-6-8(11)10-2-4-14-5-3-10/h7H,2-6H2,1H3,(H,12,13). The van der Waals surface area contributed by atoms with E-state index in [1.165, 1.54) is 0 Å². The zero-order chi connectivity index (χ0) is 11.3. The molecule has 0 aromatic carbocycles. The Balaban J connectivity index is 2.25. The van der Waals surface area contributed by atoms with Gasteiger partial charge in [-0.05, 0) is 6.92 Å². The van der Waals surface area contributed by atoms with Crippen molar-refractivity contribution in [2.75, 3.05) is 32.1 Å². The van der Waals surface area contributed by atoms with Crippen LogP contribution in [0.15, 0.2) is 0 Å². The Morgan fingerprint density at radius 1 is 1.47 bits per heavy atom. The number of carbonyl (C=O) groups is 2. The highest BCUT2D eigenvalue weighted by Crippen LogP contribution is 2.11. The first-order valence-corrected chi connectivity index (χ1v) is 5.86. The number of carboxylic acid groups (broad SMARTS) is 1. The van der Waals surface area contributed by atoms with Crippen molar-refractivity contribution in [2.24, 2.45) is 0 Å². The number of ether oxygens (including phenoxy) is 1. The third-order valence-electron chi connectivity index (χ3n) is 2.17. The monoisotopic (exact) mass is 233 g/mol. The first-order valence-electron chi connectivity index (χ1n) is 4.81. The SMILES string of the molecule is CC(SCC(=O)N1CCOCC1)C(=O)O. The third kappa shape index (κ3) is 4.09. The number of hydrogen-bond acceptors (Lipinski definition) is 4. The second kappa shape index (κ2) is 5.97. The number of aliphatic carboxylic acids is 1. The maximum atomic E-state index is 11.6. The van der Waals surface area contributed by atoms with Gasteiger partial charge in [-0.3, -0.25) is 9.59 Å². The molecule has 0 radical (unpaired) electrons. The van der Waals surface area contributed by atoms with Crippen LogP contribution in [0, 0.1) is 0 Å². The van der Waals surface area contributed by atoms with Crippen LogP contribution in [0.1, 0.15) is 6.92 Å². The molecule has 0 bridgehead atoms. The average Bonchev–Trinajstić information content (AvgIpc) is 2.26. The predicted octanol–water partition coefficient (Wildman–Crippen LogP) is 0.0515. The Hall–Kier alpha value is -0.750. The number of carboxylic acids is 1. The molecular formula is C9H15NO4S. The highest BCUT2D eigenvalue weighted by Gasteiger charge is 2.19. The van der Waals surface area contributed by atoms with Crippen molar-refractivity contribution in [1.82, 2.24) is 4.90 Å². The Labute approximate surface area is 92.8 Å². The molecule has 1 saturated heterocycles. The van der Waals surface area contributed by atoms with Crippen LogP contribution in [0.4, 0.5) is 0 Å². The lowest BCUT2D eigenvalue weighted by Gasteiger charge is -2.26. The van der Waals surface area contributed by atoms with Gasteiger partial charge < -0.3 is 14.7 Å². The molecule has 1 amide bonds. The molecule has 1 atom stereocenters. The Kier molecular flexibility index (Phi) is 4.90. The van der Waals surface area contributed by atoms with Gasteiger partial charge in [0.2, 0.25) is 5.91 Å². The molecule has 0 aromatic rings. The Bertz CT molecular complexity index is 240. The molecule has 1 fully saturated rings. The average molecular weight is 233 g/mol. The molecule has 1 N–H and O–H groups in total. The molecule has 6 heteroatoms. The molecule has 0 aliphatic carbocycles. The molecule has 1 aliphatic heterocycles. The van der Waals surface area contributed by atoms with Gasteiger partial charge in [-0.25, -0.2) is 0 Å². The fraction of sp³-hybridized carbons (Fsp3) is 0.778. The van der Waals surface area contributed by atoms with Crippen molar-refractivity contribution in [3.63, 3.8) is 0 Å². The summed E-state index contributed by atoms with van der Waals surface area (Å²) >= 11 is 1.15. The zero-order valence-corrected chi connectivity index (χ0v) is 9.46. The van der Waals surface area contributed by atoms with E-state index in [1.54, 1.807) is 11.8 Å². The van der Waals surface area contributed by atoms with Crippen LogP contribution in [-0.4, -0.2) is 59.2 Å². The minimum absolute atomic E-state index is 0.00333. The Morgan fingerprint density at radius 3 is 2.60 bits per heavy atom. The van der Waals surface area contributed by atoms with Crippen LogP contribution in [0.2, 0.25) is 0 Å². The van der Waals surface area contributed by atoms with Crippen LogP contribution in [0.25, 0.3) is 0 Å². The third-order valence-corrected chi connectivity index (χ3v) is 3.28. The van der Waals surface area contributed by atoms with E-state index in [1.807, 2.05) is 0 Å². The topological polar surface area (TPSA) is 66.8 Å². The Morgan fingerprint density at radius 2 is 2.07 bits per heavy atom. The van der Waals surface area contributed by atoms with E-state index in [0.717, 1.165) is 11.8 Å². The summed E-state index contributed by atoms with van der Waals surface area (Å²) in [4.78, 5) is 23.8. The summed E-state index contributed by atoms with van der Waals surface area (Å²) in [6, 6.07) is 0. The highest BCUT2D eigenvalue weighted by atomic mass is 32.2. The fourth-order valence-corrected chi connectivity index (χ4v) is 1.89. The number of morpholine rings is 1. The van der Waals surface area contributed by atoms with Gasteiger partial charge >= 0.3 is 5.97 Å². The van der Waals surface area contributed by atoms with Gasteiger partial charge in [-0.2, -0.15) is 0 Å². The summed E-state index contributed by atoms with van der Waals surface area (Å²) in [7, 11) is 0. The second-order valence-corrected chi connectivity index (χ2v) is 4.61. The van der Waals surface area contributed by atoms with Gasteiger partial charge in [0.1, 0.15) is 0 Å². The summed E-state index contributed by atoms with van der Waals surface area (Å²) in [6.45, 7) is 3.96. The van der Waals surface area contributed by atoms with Gasteiger partial charge in [0.05, 0.1) is 24.2 Å². The van der Waals surface area contributed by atoms with E-state index in [0.29, 0.717) is 26.3 Å². The minimum Gasteiger partial charge on any atom is -0.480 e. The molecular weight excluding hydrogens is 218 g/mol. The molecule has 86 valence electrons. The maximum absolute atomic E-state index is 11.6. The van der Waals surface area contributed by atoms with Crippen LogP contribution in [-0.2, 0) is 14.3 Å². The van der Waals surface area contributed by atoms with E-state index in [9.17, 15) is 9.59 Å². The minimum atomic E-state index is -0.880. The maximum Gasteiger partial charge on any atom is 0.316 e. The molecule has 1 heterocycles. The van der Waals surface area contributed by atoms with Gasteiger partial charge in [0.15, 0.2) is 0 Å². The van der Waals surface area contributed by atoms with Crippen molar-refractivity contribution in [3.05, 3.63) is 0 Å². The fourth-order valence-electron chi connectivity index (χ4n) is 1.17. The summed E-state index contributed by atoms with van der Waals surface area (Å²) in [5, 5.41) is 8.11. The number of rotatable bonds is 4. The van der Waals surface area contributed by atoms with Crippen LogP contribution in [0.5, 0.6) is 0 Å². The van der Waals surface area contributed by atoms with E-state index in [4.69, 9.17) is 9.84 Å². The van der Waals surface area contributed by atoms with Crippen molar-refractivity contribution in [1.29, 1.82) is 0 Å². The predicted molar refractivity (Wildman–Crippen MR) is 57.0 cm³/mol. The van der Waals surface area contributed by atoms with Crippen LogP contribution < -0.4 is 0 Å². The second-order valence-electron chi connectivity index (χ2n) is 3.28. The first-order chi connectivity index (χ1) is 7.11. The van der Waals surface area contributed by atoms with Crippen molar-refractivity contribution < 1.29 is 19.4 Å². The summed E-state index contributed by atoms with van der Waals surface area (Å²) in [5.41, 5.74) is 0. The number of hydrogen-bond donors (Lipinski definition) is 1. The summed E-state index contributed by atoms with van der Waals surface area (Å²) in [6.07, 6.45) is 0. The lowest BCUT2D eigenvalue weighted by Crippen LogP contribution is -2.41. The van der Waals surface area contributed by atoms with Gasteiger partial charge in [-0.1, -0.05) is 0 Å². The number of thioether (sulfide) groups is 1. The molecule has 0 aromatic heterocycles. The van der Waals surface area contributed by atoms with Gasteiger partial charge in [0.25, 0.3) is 0 Å². The van der Waals surface area contributed by atoms with Gasteiger partial charge in [0, 0.05) is 13.1 Å². The number of carbonyl (C=O) groups excluding carboxylic acids is 1. The lowest BCUT2D eigenvalue weighted by molar-refractivity contribution is -0.136. The molecule has 1 aliphatic rings. The smallest absolute Gasteiger partial charge is 0.316 e. The summed E-state index contributed by atoms with van der Waals surface area (Å²) in [5.74, 6) is -0.654. The quantitative estimate of drug-likeness (QED) is 0.743. The van der Waals surface area contributed by atoms with E-state index >= 15 is 0 Å². The van der Waals surface area contributed by atoms with E-state index < -0.39 is 11.2 Å². The largest absolute Gasteiger partial charge is 0.480 e. The normalized spacial score (nSPS) is 18.6. The van der Waals surface area contributed by atoms with E-state index in [2.05, 4.69) is 0 Å². The molecule has 15 heavy (non-hydrogen) atoms. The van der Waals surface area contributed by atoms with Crippen LogP contribution >= 0.6 is 11.8 Å². The molecule has 5 nitrogen and oxygen atoms in total. The molecule has 1 rings (SSSR count). The number of nitrogens with zero attached hydrogens (tertiary/aromatic N) is 1.